The molecule has 0 saturated carbocycles. The number of aryl methyl sites for hydroxylation is 1. The van der Waals surface area contributed by atoms with E-state index in [2.05, 4.69) is 11.9 Å². The largest absolute Gasteiger partial charge is 0.444 e. The van der Waals surface area contributed by atoms with Crippen molar-refractivity contribution in [3.63, 3.8) is 0 Å². The Balaban J connectivity index is 1.65. The molecular formula is C17H27N3O2. The Bertz CT molecular complexity index is 559. The minimum atomic E-state index is -0.435. The molecule has 1 amide bonds. The molecule has 122 valence electrons. The minimum Gasteiger partial charge on any atom is -0.444 e. The summed E-state index contributed by atoms with van der Waals surface area (Å²) in [5, 5.41) is 0. The molecule has 5 nitrogen and oxygen atoms in total. The van der Waals surface area contributed by atoms with E-state index in [4.69, 9.17) is 9.72 Å². The van der Waals surface area contributed by atoms with Gasteiger partial charge < -0.3 is 14.6 Å². The van der Waals surface area contributed by atoms with Gasteiger partial charge in [-0.2, -0.15) is 0 Å². The second-order valence-corrected chi connectivity index (χ2v) is 7.54. The van der Waals surface area contributed by atoms with Crippen LogP contribution >= 0.6 is 0 Å². The van der Waals surface area contributed by atoms with Crippen LogP contribution < -0.4 is 0 Å². The molecule has 0 spiro atoms. The van der Waals surface area contributed by atoms with Gasteiger partial charge in [0.05, 0.1) is 5.69 Å². The second kappa shape index (κ2) is 5.60. The van der Waals surface area contributed by atoms with Crippen molar-refractivity contribution in [1.29, 1.82) is 0 Å². The van der Waals surface area contributed by atoms with Crippen molar-refractivity contribution in [3.05, 3.63) is 17.2 Å². The molecule has 1 aromatic heterocycles. The van der Waals surface area contributed by atoms with Crippen molar-refractivity contribution < 1.29 is 9.53 Å². The predicted molar refractivity (Wildman–Crippen MR) is 85.1 cm³/mol. The number of H-pyrrole nitrogens is 1. The van der Waals surface area contributed by atoms with Gasteiger partial charge in [0.2, 0.25) is 0 Å². The normalized spacial score (nSPS) is 24.6. The van der Waals surface area contributed by atoms with E-state index in [0.717, 1.165) is 31.6 Å². The van der Waals surface area contributed by atoms with Gasteiger partial charge in [-0.15, -0.1) is 0 Å². The number of hydrogen-bond donors (Lipinski definition) is 1. The molecule has 5 heteroatoms. The van der Waals surface area contributed by atoms with Gasteiger partial charge in [0.1, 0.15) is 11.4 Å². The van der Waals surface area contributed by atoms with Crippen LogP contribution in [0.2, 0.25) is 0 Å². The molecule has 1 aromatic rings. The maximum atomic E-state index is 12.1. The number of carbonyl (C=O) groups is 1. The van der Waals surface area contributed by atoms with Gasteiger partial charge >= 0.3 is 6.09 Å². The van der Waals surface area contributed by atoms with Gasteiger partial charge in [-0.1, -0.05) is 6.92 Å². The fourth-order valence-corrected chi connectivity index (χ4v) is 3.49. The standard InChI is InChI=1S/C17H27N3O2/c1-5-11-6-7-13-14(11)19-15(18-13)12-8-9-20(10-12)16(21)22-17(2,3)4/h11-12H,5-10H2,1-4H3,(H,18,19). The van der Waals surface area contributed by atoms with Crippen LogP contribution in [0.3, 0.4) is 0 Å². The molecule has 22 heavy (non-hydrogen) atoms. The number of nitrogens with zero attached hydrogens (tertiary/aromatic N) is 2. The topological polar surface area (TPSA) is 58.2 Å². The molecule has 1 N–H and O–H groups in total. The lowest BCUT2D eigenvalue weighted by Gasteiger charge is -2.24. The Kier molecular flexibility index (Phi) is 3.91. The van der Waals surface area contributed by atoms with E-state index in [1.54, 1.807) is 4.90 Å². The summed E-state index contributed by atoms with van der Waals surface area (Å²) >= 11 is 0. The monoisotopic (exact) mass is 305 g/mol. The van der Waals surface area contributed by atoms with E-state index in [-0.39, 0.29) is 6.09 Å². The highest BCUT2D eigenvalue weighted by Crippen LogP contribution is 2.36. The van der Waals surface area contributed by atoms with E-state index >= 15 is 0 Å². The molecule has 2 unspecified atom stereocenters. The average molecular weight is 305 g/mol. The molecule has 2 heterocycles. The molecule has 1 aliphatic carbocycles. The van der Waals surface area contributed by atoms with E-state index in [1.807, 2.05) is 20.8 Å². The van der Waals surface area contributed by atoms with Gasteiger partial charge in [-0.25, -0.2) is 9.78 Å². The Labute approximate surface area is 132 Å². The Morgan fingerprint density at radius 1 is 1.41 bits per heavy atom. The lowest BCUT2D eigenvalue weighted by atomic mass is 10.0. The van der Waals surface area contributed by atoms with Crippen molar-refractivity contribution >= 4 is 6.09 Å². The smallest absolute Gasteiger partial charge is 0.410 e. The lowest BCUT2D eigenvalue weighted by molar-refractivity contribution is 0.0292. The molecule has 1 aliphatic heterocycles. The fourth-order valence-electron chi connectivity index (χ4n) is 3.49. The van der Waals surface area contributed by atoms with Crippen LogP contribution in [-0.4, -0.2) is 39.7 Å². The summed E-state index contributed by atoms with van der Waals surface area (Å²) in [6, 6.07) is 0. The number of likely N-dealkylation sites (tertiary alicyclic amines) is 1. The molecule has 2 atom stereocenters. The number of fused-ring (bicyclic) bond motifs is 1. The van der Waals surface area contributed by atoms with Crippen LogP contribution in [-0.2, 0) is 11.2 Å². The summed E-state index contributed by atoms with van der Waals surface area (Å²) in [7, 11) is 0. The zero-order valence-corrected chi connectivity index (χ0v) is 14.1. The number of hydrogen-bond acceptors (Lipinski definition) is 3. The summed E-state index contributed by atoms with van der Waals surface area (Å²) < 4.78 is 5.46. The highest BCUT2D eigenvalue weighted by molar-refractivity contribution is 5.68. The van der Waals surface area contributed by atoms with Crippen LogP contribution in [0, 0.1) is 0 Å². The van der Waals surface area contributed by atoms with Crippen LogP contribution in [0.5, 0.6) is 0 Å². The third kappa shape index (κ3) is 2.99. The van der Waals surface area contributed by atoms with Gasteiger partial charge in [0, 0.05) is 30.6 Å². The van der Waals surface area contributed by atoms with Gasteiger partial charge in [0.25, 0.3) is 0 Å². The zero-order chi connectivity index (χ0) is 15.9. The molecule has 2 aliphatic rings. The fraction of sp³-hybridized carbons (Fsp3) is 0.765. The van der Waals surface area contributed by atoms with Crippen molar-refractivity contribution in [1.82, 2.24) is 14.9 Å². The third-order valence-corrected chi connectivity index (χ3v) is 4.68. The summed E-state index contributed by atoms with van der Waals surface area (Å²) in [6.45, 7) is 9.40. The van der Waals surface area contributed by atoms with E-state index < -0.39 is 5.60 Å². The van der Waals surface area contributed by atoms with Crippen molar-refractivity contribution in [3.8, 4) is 0 Å². The summed E-state index contributed by atoms with van der Waals surface area (Å²) in [4.78, 5) is 22.3. The van der Waals surface area contributed by atoms with Crippen molar-refractivity contribution in [2.75, 3.05) is 13.1 Å². The summed E-state index contributed by atoms with van der Waals surface area (Å²) in [6.07, 6.45) is 4.25. The first-order chi connectivity index (χ1) is 10.4. The SMILES string of the molecule is CCC1CCc2[nH]c(C3CCN(C(=O)OC(C)(C)C)C3)nc21. The lowest BCUT2D eigenvalue weighted by Crippen LogP contribution is -2.35. The molecule has 1 saturated heterocycles. The number of rotatable bonds is 2. The van der Waals surface area contributed by atoms with Crippen LogP contribution in [0.25, 0.3) is 0 Å². The molecule has 3 rings (SSSR count). The maximum absolute atomic E-state index is 12.1. The molecule has 0 bridgehead atoms. The predicted octanol–water partition coefficient (Wildman–Crippen LogP) is 3.57. The number of aromatic amines is 1. The van der Waals surface area contributed by atoms with Gasteiger partial charge in [-0.05, 0) is 46.5 Å². The first kappa shape index (κ1) is 15.4. The van der Waals surface area contributed by atoms with Gasteiger partial charge in [0.15, 0.2) is 0 Å². The third-order valence-electron chi connectivity index (χ3n) is 4.68. The summed E-state index contributed by atoms with van der Waals surface area (Å²) in [5.74, 6) is 1.99. The number of aromatic nitrogens is 2. The molecule has 0 radical (unpaired) electrons. The van der Waals surface area contributed by atoms with Crippen LogP contribution in [0.15, 0.2) is 0 Å². The molecule has 1 fully saturated rings. The number of imidazole rings is 1. The number of nitrogens with one attached hydrogen (secondary N) is 1. The number of ether oxygens (including phenoxy) is 1. The Morgan fingerprint density at radius 3 is 2.86 bits per heavy atom. The second-order valence-electron chi connectivity index (χ2n) is 7.54. The van der Waals surface area contributed by atoms with Crippen LogP contribution in [0.1, 0.15) is 76.0 Å². The highest BCUT2D eigenvalue weighted by atomic mass is 16.6. The van der Waals surface area contributed by atoms with Crippen LogP contribution in [0.4, 0.5) is 4.79 Å². The quantitative estimate of drug-likeness (QED) is 0.908. The maximum Gasteiger partial charge on any atom is 0.410 e. The Morgan fingerprint density at radius 2 is 2.18 bits per heavy atom. The Hall–Kier alpha value is -1.52. The molecule has 0 aromatic carbocycles. The summed E-state index contributed by atoms with van der Waals surface area (Å²) in [5.41, 5.74) is 2.15. The minimum absolute atomic E-state index is 0.208. The van der Waals surface area contributed by atoms with E-state index in [0.29, 0.717) is 18.4 Å². The van der Waals surface area contributed by atoms with Gasteiger partial charge in [-0.3, -0.25) is 0 Å². The zero-order valence-electron chi connectivity index (χ0n) is 14.1. The average Bonchev–Trinajstić information content (AvgIpc) is 3.11. The van der Waals surface area contributed by atoms with Crippen molar-refractivity contribution in [2.45, 2.75) is 70.8 Å². The first-order valence-electron chi connectivity index (χ1n) is 8.44. The number of carbonyl (C=O) groups excluding carboxylic acids is 1. The molecular weight excluding hydrogens is 278 g/mol. The first-order valence-corrected chi connectivity index (χ1v) is 8.44. The van der Waals surface area contributed by atoms with E-state index in [9.17, 15) is 4.79 Å². The highest BCUT2D eigenvalue weighted by Gasteiger charge is 2.34. The van der Waals surface area contributed by atoms with E-state index in [1.165, 1.54) is 17.8 Å². The van der Waals surface area contributed by atoms with Crippen molar-refractivity contribution in [2.24, 2.45) is 0 Å². The number of amides is 1.